The standard InChI is InChI=1S/C8H13N2O2P/c1-3-11-13-10-5-4-9-8(10)6-7(2)12-13/h4-5,7H,3,6H2,1-2H3/t7-,13?/m0/s1. The quantitative estimate of drug-likeness (QED) is 0.684. The molecule has 72 valence electrons. The van der Waals surface area contributed by atoms with Crippen molar-refractivity contribution in [3.63, 3.8) is 0 Å². The highest BCUT2D eigenvalue weighted by Gasteiger charge is 2.26. The number of nitrogens with zero attached hydrogens (tertiary/aromatic N) is 2. The van der Waals surface area contributed by atoms with Gasteiger partial charge in [0.1, 0.15) is 5.82 Å². The van der Waals surface area contributed by atoms with E-state index in [0.717, 1.165) is 12.2 Å². The molecule has 13 heavy (non-hydrogen) atoms. The molecule has 0 N–H and O–H groups in total. The number of rotatable bonds is 2. The van der Waals surface area contributed by atoms with Gasteiger partial charge in [-0.2, -0.15) is 0 Å². The maximum atomic E-state index is 5.68. The average molecular weight is 200 g/mol. The lowest BCUT2D eigenvalue weighted by Crippen LogP contribution is -2.20. The van der Waals surface area contributed by atoms with Gasteiger partial charge in [-0.15, -0.1) is 0 Å². The van der Waals surface area contributed by atoms with Gasteiger partial charge in [-0.05, 0) is 13.8 Å². The first-order valence-electron chi connectivity index (χ1n) is 4.43. The van der Waals surface area contributed by atoms with Crippen molar-refractivity contribution in [2.24, 2.45) is 0 Å². The van der Waals surface area contributed by atoms with E-state index in [9.17, 15) is 0 Å². The van der Waals surface area contributed by atoms with Gasteiger partial charge in [0, 0.05) is 18.8 Å². The Bertz CT molecular complexity index is 289. The molecule has 0 saturated heterocycles. The van der Waals surface area contributed by atoms with Crippen LogP contribution < -0.4 is 0 Å². The van der Waals surface area contributed by atoms with Gasteiger partial charge in [0.05, 0.1) is 12.7 Å². The smallest absolute Gasteiger partial charge is 0.295 e. The first kappa shape index (κ1) is 9.13. The van der Waals surface area contributed by atoms with E-state index in [4.69, 9.17) is 9.05 Å². The Labute approximate surface area is 78.8 Å². The minimum Gasteiger partial charge on any atom is -0.318 e. The zero-order valence-corrected chi connectivity index (χ0v) is 8.70. The van der Waals surface area contributed by atoms with Gasteiger partial charge in [-0.25, -0.2) is 4.98 Å². The molecule has 0 aliphatic carbocycles. The topological polar surface area (TPSA) is 36.3 Å². The molecule has 0 amide bonds. The number of aromatic nitrogens is 2. The largest absolute Gasteiger partial charge is 0.318 e. The van der Waals surface area contributed by atoms with E-state index in [0.29, 0.717) is 6.61 Å². The maximum Gasteiger partial charge on any atom is 0.295 e. The molecule has 0 radical (unpaired) electrons. The van der Waals surface area contributed by atoms with E-state index >= 15 is 0 Å². The van der Waals surface area contributed by atoms with E-state index in [1.807, 2.05) is 24.4 Å². The lowest BCUT2D eigenvalue weighted by Gasteiger charge is -2.27. The lowest BCUT2D eigenvalue weighted by molar-refractivity contribution is 0.176. The third kappa shape index (κ3) is 1.75. The fraction of sp³-hybridized carbons (Fsp3) is 0.625. The first-order chi connectivity index (χ1) is 6.31. The molecule has 0 aromatic carbocycles. The molecule has 1 aromatic rings. The van der Waals surface area contributed by atoms with Crippen LogP contribution in [0.1, 0.15) is 19.7 Å². The first-order valence-corrected chi connectivity index (χ1v) is 5.56. The predicted molar refractivity (Wildman–Crippen MR) is 50.4 cm³/mol. The van der Waals surface area contributed by atoms with E-state index in [1.54, 1.807) is 6.20 Å². The zero-order valence-electron chi connectivity index (χ0n) is 7.80. The monoisotopic (exact) mass is 200 g/mol. The minimum atomic E-state index is -0.936. The Balaban J connectivity index is 2.22. The van der Waals surface area contributed by atoms with Crippen molar-refractivity contribution >= 4 is 8.53 Å². The van der Waals surface area contributed by atoms with Crippen molar-refractivity contribution in [2.45, 2.75) is 26.4 Å². The number of fused-ring (bicyclic) bond motifs is 1. The Kier molecular flexibility index (Phi) is 2.63. The second kappa shape index (κ2) is 3.74. The summed E-state index contributed by atoms with van der Waals surface area (Å²) in [6.45, 7) is 4.70. The van der Waals surface area contributed by atoms with Crippen molar-refractivity contribution < 1.29 is 9.05 Å². The third-order valence-electron chi connectivity index (χ3n) is 1.85. The molecule has 1 unspecified atom stereocenters. The molecule has 0 bridgehead atoms. The molecular formula is C8H13N2O2P. The van der Waals surface area contributed by atoms with Crippen molar-refractivity contribution in [2.75, 3.05) is 6.61 Å². The summed E-state index contributed by atoms with van der Waals surface area (Å²) in [6.07, 6.45) is 4.81. The number of hydrogen-bond acceptors (Lipinski definition) is 3. The molecule has 2 atom stereocenters. The van der Waals surface area contributed by atoms with Crippen LogP contribution in [0.3, 0.4) is 0 Å². The van der Waals surface area contributed by atoms with Crippen LogP contribution in [0.15, 0.2) is 12.4 Å². The molecular weight excluding hydrogens is 187 g/mol. The maximum absolute atomic E-state index is 5.68. The molecule has 5 heteroatoms. The van der Waals surface area contributed by atoms with Crippen molar-refractivity contribution in [3.8, 4) is 0 Å². The van der Waals surface area contributed by atoms with Crippen molar-refractivity contribution in [1.29, 1.82) is 0 Å². The SMILES string of the molecule is CCOP1O[C@@H](C)Cc2nccn21. The van der Waals surface area contributed by atoms with Crippen LogP contribution in [-0.4, -0.2) is 22.0 Å². The van der Waals surface area contributed by atoms with Crippen LogP contribution in [0.25, 0.3) is 0 Å². The number of imidazole rings is 1. The molecule has 0 saturated carbocycles. The summed E-state index contributed by atoms with van der Waals surface area (Å²) >= 11 is 0. The van der Waals surface area contributed by atoms with E-state index in [1.165, 1.54) is 0 Å². The van der Waals surface area contributed by atoms with Crippen molar-refractivity contribution in [1.82, 2.24) is 9.32 Å². The Morgan fingerprint density at radius 1 is 1.85 bits per heavy atom. The van der Waals surface area contributed by atoms with E-state index in [2.05, 4.69) is 4.98 Å². The highest BCUT2D eigenvalue weighted by molar-refractivity contribution is 7.45. The number of hydrogen-bond donors (Lipinski definition) is 0. The van der Waals surface area contributed by atoms with Crippen LogP contribution in [0.4, 0.5) is 0 Å². The Hall–Kier alpha value is -0.440. The minimum absolute atomic E-state index is 0.215. The zero-order chi connectivity index (χ0) is 9.26. The predicted octanol–water partition coefficient (Wildman–Crippen LogP) is 1.96. The third-order valence-corrected chi connectivity index (χ3v) is 3.59. The average Bonchev–Trinajstić information content (AvgIpc) is 2.52. The van der Waals surface area contributed by atoms with Gasteiger partial charge >= 0.3 is 0 Å². The van der Waals surface area contributed by atoms with Gasteiger partial charge in [0.2, 0.25) is 0 Å². The fourth-order valence-corrected chi connectivity index (χ4v) is 2.71. The molecule has 1 aliphatic heterocycles. The van der Waals surface area contributed by atoms with Gasteiger partial charge < -0.3 is 9.05 Å². The second-order valence-electron chi connectivity index (χ2n) is 2.96. The summed E-state index contributed by atoms with van der Waals surface area (Å²) in [4.78, 5) is 4.26. The van der Waals surface area contributed by atoms with Gasteiger partial charge in [0.15, 0.2) is 0 Å². The molecule has 0 spiro atoms. The molecule has 1 aliphatic rings. The Morgan fingerprint density at radius 3 is 3.46 bits per heavy atom. The van der Waals surface area contributed by atoms with Crippen LogP contribution in [0.2, 0.25) is 0 Å². The molecule has 1 aromatic heterocycles. The Morgan fingerprint density at radius 2 is 2.69 bits per heavy atom. The van der Waals surface area contributed by atoms with E-state index in [-0.39, 0.29) is 6.10 Å². The summed E-state index contributed by atoms with van der Waals surface area (Å²) in [5.74, 6) is 1.07. The summed E-state index contributed by atoms with van der Waals surface area (Å²) < 4.78 is 13.2. The van der Waals surface area contributed by atoms with Crippen LogP contribution in [0.5, 0.6) is 0 Å². The molecule has 2 rings (SSSR count). The van der Waals surface area contributed by atoms with Crippen LogP contribution in [-0.2, 0) is 15.5 Å². The summed E-state index contributed by atoms with van der Waals surface area (Å²) in [5, 5.41) is 0. The molecule has 2 heterocycles. The summed E-state index contributed by atoms with van der Waals surface area (Å²) in [6, 6.07) is 0. The normalized spacial score (nSPS) is 27.2. The van der Waals surface area contributed by atoms with Gasteiger partial charge in [0.25, 0.3) is 8.53 Å². The van der Waals surface area contributed by atoms with Gasteiger partial charge in [-0.3, -0.25) is 4.34 Å². The summed E-state index contributed by atoms with van der Waals surface area (Å²) in [7, 11) is -0.936. The lowest BCUT2D eigenvalue weighted by atomic mass is 10.3. The van der Waals surface area contributed by atoms with Gasteiger partial charge in [-0.1, -0.05) is 0 Å². The highest BCUT2D eigenvalue weighted by atomic mass is 31.2. The van der Waals surface area contributed by atoms with Crippen molar-refractivity contribution in [3.05, 3.63) is 18.2 Å². The molecule has 4 nitrogen and oxygen atoms in total. The van der Waals surface area contributed by atoms with E-state index < -0.39 is 8.53 Å². The summed E-state index contributed by atoms with van der Waals surface area (Å²) in [5.41, 5.74) is 0. The highest BCUT2D eigenvalue weighted by Crippen LogP contribution is 2.45. The van der Waals surface area contributed by atoms with Crippen LogP contribution in [0, 0.1) is 0 Å². The molecule has 0 fully saturated rings. The second-order valence-corrected chi connectivity index (χ2v) is 4.34. The van der Waals surface area contributed by atoms with Crippen LogP contribution >= 0.6 is 8.53 Å². The fourth-order valence-electron chi connectivity index (χ4n) is 1.32.